The van der Waals surface area contributed by atoms with Crippen molar-refractivity contribution in [3.05, 3.63) is 46.4 Å². The molecule has 0 aliphatic rings. The van der Waals surface area contributed by atoms with Gasteiger partial charge in [0.05, 0.1) is 5.02 Å². The van der Waals surface area contributed by atoms with Crippen LogP contribution >= 0.6 is 11.6 Å². The zero-order valence-corrected chi connectivity index (χ0v) is 10.3. The van der Waals surface area contributed by atoms with Crippen molar-refractivity contribution < 1.29 is 4.39 Å². The minimum Gasteiger partial charge on any atom is -0.383 e. The number of pyridine rings is 1. The maximum Gasteiger partial charge on any atom is 0.142 e. The predicted molar refractivity (Wildman–Crippen MR) is 68.5 cm³/mol. The summed E-state index contributed by atoms with van der Waals surface area (Å²) >= 11 is 5.63. The lowest BCUT2D eigenvalue weighted by atomic mass is 10.0. The summed E-state index contributed by atoms with van der Waals surface area (Å²) in [6.07, 6.45) is 0. The van der Waals surface area contributed by atoms with Crippen LogP contribution in [0.2, 0.25) is 5.02 Å². The van der Waals surface area contributed by atoms with Gasteiger partial charge < -0.3 is 5.73 Å². The summed E-state index contributed by atoms with van der Waals surface area (Å²) in [7, 11) is 0. The van der Waals surface area contributed by atoms with Gasteiger partial charge in [0.1, 0.15) is 23.3 Å². The summed E-state index contributed by atoms with van der Waals surface area (Å²) in [4.78, 5) is 4.01. The maximum absolute atomic E-state index is 13.4. The molecule has 0 atom stereocenters. The van der Waals surface area contributed by atoms with Gasteiger partial charge in [-0.25, -0.2) is 9.37 Å². The van der Waals surface area contributed by atoms with Crippen LogP contribution in [0.3, 0.4) is 0 Å². The van der Waals surface area contributed by atoms with Crippen LogP contribution in [0.1, 0.15) is 11.3 Å². The monoisotopic (exact) mass is 261 g/mol. The average molecular weight is 262 g/mol. The van der Waals surface area contributed by atoms with Crippen molar-refractivity contribution in [2.75, 3.05) is 5.73 Å². The van der Waals surface area contributed by atoms with Gasteiger partial charge in [0, 0.05) is 11.3 Å². The molecule has 0 spiro atoms. The molecule has 0 saturated heterocycles. The molecule has 0 bridgehead atoms. The van der Waals surface area contributed by atoms with E-state index in [2.05, 4.69) is 4.98 Å². The molecule has 0 aliphatic heterocycles. The van der Waals surface area contributed by atoms with Gasteiger partial charge in [-0.15, -0.1) is 0 Å². The molecule has 1 heterocycles. The number of anilines is 1. The van der Waals surface area contributed by atoms with Gasteiger partial charge in [-0.2, -0.15) is 5.26 Å². The first-order valence-electron chi connectivity index (χ1n) is 5.15. The molecular weight excluding hydrogens is 253 g/mol. The molecule has 3 nitrogen and oxygen atoms in total. The molecule has 2 aromatic rings. The van der Waals surface area contributed by atoms with Crippen molar-refractivity contribution in [2.24, 2.45) is 0 Å². The van der Waals surface area contributed by atoms with E-state index in [9.17, 15) is 4.39 Å². The van der Waals surface area contributed by atoms with Crippen LogP contribution in [0, 0.1) is 24.1 Å². The van der Waals surface area contributed by atoms with E-state index in [0.717, 1.165) is 0 Å². The van der Waals surface area contributed by atoms with Gasteiger partial charge in [-0.1, -0.05) is 17.7 Å². The molecule has 0 saturated carbocycles. The molecule has 0 fully saturated rings. The first-order chi connectivity index (χ1) is 8.52. The standard InChI is InChI=1S/C13H9ClFN3/c1-7-4-9(10(6-16)13(17)18-7)8-2-3-11(14)12(15)5-8/h2-5H,1H3,(H2,17,18). The number of rotatable bonds is 1. The molecule has 5 heteroatoms. The van der Waals surface area contributed by atoms with Gasteiger partial charge in [0.15, 0.2) is 0 Å². The van der Waals surface area contributed by atoms with E-state index in [1.165, 1.54) is 12.1 Å². The topological polar surface area (TPSA) is 62.7 Å². The quantitative estimate of drug-likeness (QED) is 0.857. The first kappa shape index (κ1) is 12.3. The number of hydrogen-bond acceptors (Lipinski definition) is 3. The number of benzene rings is 1. The van der Waals surface area contributed by atoms with Gasteiger partial charge in [-0.05, 0) is 30.7 Å². The normalized spacial score (nSPS) is 10.1. The Bertz CT molecular complexity index is 662. The van der Waals surface area contributed by atoms with E-state index in [4.69, 9.17) is 22.6 Å². The summed E-state index contributed by atoms with van der Waals surface area (Å²) in [5.41, 5.74) is 7.69. The molecule has 0 radical (unpaired) electrons. The number of aromatic nitrogens is 1. The van der Waals surface area contributed by atoms with Gasteiger partial charge in [0.25, 0.3) is 0 Å². The number of nitrogens with two attached hydrogens (primary N) is 1. The van der Waals surface area contributed by atoms with E-state index in [-0.39, 0.29) is 16.4 Å². The third kappa shape index (κ3) is 2.13. The third-order valence-corrected chi connectivity index (χ3v) is 2.82. The van der Waals surface area contributed by atoms with Crippen LogP contribution < -0.4 is 5.73 Å². The molecule has 0 amide bonds. The fourth-order valence-electron chi connectivity index (χ4n) is 1.71. The summed E-state index contributed by atoms with van der Waals surface area (Å²) in [5.74, 6) is -0.394. The molecular formula is C13H9ClFN3. The second-order valence-corrected chi connectivity index (χ2v) is 4.22. The van der Waals surface area contributed by atoms with E-state index in [1.54, 1.807) is 19.1 Å². The Kier molecular flexibility index (Phi) is 3.17. The van der Waals surface area contributed by atoms with Crippen molar-refractivity contribution in [3.8, 4) is 17.2 Å². The predicted octanol–water partition coefficient (Wildman–Crippen LogP) is 3.30. The average Bonchev–Trinajstić information content (AvgIpc) is 2.32. The van der Waals surface area contributed by atoms with Gasteiger partial charge in [-0.3, -0.25) is 0 Å². The van der Waals surface area contributed by atoms with Crippen LogP contribution in [-0.4, -0.2) is 4.98 Å². The van der Waals surface area contributed by atoms with Crippen LogP contribution in [0.25, 0.3) is 11.1 Å². The van der Waals surface area contributed by atoms with Crippen molar-refractivity contribution in [3.63, 3.8) is 0 Å². The van der Waals surface area contributed by atoms with Crippen molar-refractivity contribution in [1.82, 2.24) is 4.98 Å². The molecule has 2 N–H and O–H groups in total. The highest BCUT2D eigenvalue weighted by atomic mass is 35.5. The first-order valence-corrected chi connectivity index (χ1v) is 5.53. The summed E-state index contributed by atoms with van der Waals surface area (Å²) in [5, 5.41) is 9.12. The number of nitrogens with zero attached hydrogens (tertiary/aromatic N) is 2. The lowest BCUT2D eigenvalue weighted by Crippen LogP contribution is -1.99. The molecule has 1 aromatic carbocycles. The Labute approximate surface area is 109 Å². The highest BCUT2D eigenvalue weighted by Crippen LogP contribution is 2.29. The SMILES string of the molecule is Cc1cc(-c2ccc(Cl)c(F)c2)c(C#N)c(N)n1. The zero-order valence-electron chi connectivity index (χ0n) is 9.54. The van der Waals surface area contributed by atoms with E-state index >= 15 is 0 Å². The Morgan fingerprint density at radius 2 is 2.11 bits per heavy atom. The van der Waals surface area contributed by atoms with Crippen molar-refractivity contribution in [1.29, 1.82) is 5.26 Å². The molecule has 18 heavy (non-hydrogen) atoms. The zero-order chi connectivity index (χ0) is 13.3. The van der Waals surface area contributed by atoms with Crippen LogP contribution in [0.5, 0.6) is 0 Å². The Balaban J connectivity index is 2.70. The van der Waals surface area contributed by atoms with Crippen LogP contribution in [0.4, 0.5) is 10.2 Å². The molecule has 0 unspecified atom stereocenters. The lowest BCUT2D eigenvalue weighted by molar-refractivity contribution is 0.629. The second kappa shape index (κ2) is 4.63. The number of hydrogen-bond donors (Lipinski definition) is 1. The Morgan fingerprint density at radius 3 is 2.72 bits per heavy atom. The number of nitrogen functional groups attached to an aromatic ring is 1. The fourth-order valence-corrected chi connectivity index (χ4v) is 1.82. The summed E-state index contributed by atoms with van der Waals surface area (Å²) in [6, 6.07) is 8.03. The van der Waals surface area contributed by atoms with Crippen LogP contribution in [-0.2, 0) is 0 Å². The molecule has 90 valence electrons. The summed E-state index contributed by atoms with van der Waals surface area (Å²) in [6.45, 7) is 1.76. The third-order valence-electron chi connectivity index (χ3n) is 2.52. The minimum absolute atomic E-state index is 0.0380. The van der Waals surface area contributed by atoms with E-state index < -0.39 is 5.82 Å². The highest BCUT2D eigenvalue weighted by Gasteiger charge is 2.12. The lowest BCUT2D eigenvalue weighted by Gasteiger charge is -2.08. The molecule has 0 aliphatic carbocycles. The Hall–Kier alpha value is -2.12. The Morgan fingerprint density at radius 1 is 1.39 bits per heavy atom. The molecule has 1 aromatic heterocycles. The number of nitriles is 1. The van der Waals surface area contributed by atoms with E-state index in [1.807, 2.05) is 6.07 Å². The minimum atomic E-state index is -0.536. The fraction of sp³-hybridized carbons (Fsp3) is 0.0769. The van der Waals surface area contributed by atoms with Crippen LogP contribution in [0.15, 0.2) is 24.3 Å². The van der Waals surface area contributed by atoms with E-state index in [0.29, 0.717) is 16.8 Å². The van der Waals surface area contributed by atoms with Crippen molar-refractivity contribution in [2.45, 2.75) is 6.92 Å². The van der Waals surface area contributed by atoms with Crippen molar-refractivity contribution >= 4 is 17.4 Å². The smallest absolute Gasteiger partial charge is 0.142 e. The van der Waals surface area contributed by atoms with Gasteiger partial charge >= 0.3 is 0 Å². The summed E-state index contributed by atoms with van der Waals surface area (Å²) < 4.78 is 13.4. The number of halogens is 2. The highest BCUT2D eigenvalue weighted by molar-refractivity contribution is 6.30. The molecule has 2 rings (SSSR count). The number of aryl methyl sites for hydroxylation is 1. The maximum atomic E-state index is 13.4. The second-order valence-electron chi connectivity index (χ2n) is 3.81. The largest absolute Gasteiger partial charge is 0.383 e. The van der Waals surface area contributed by atoms with Gasteiger partial charge in [0.2, 0.25) is 0 Å².